The highest BCUT2D eigenvalue weighted by atomic mass is 15.1. The van der Waals surface area contributed by atoms with E-state index in [-0.39, 0.29) is 0 Å². The number of anilines is 1. The van der Waals surface area contributed by atoms with E-state index in [1.165, 1.54) is 22.4 Å². The summed E-state index contributed by atoms with van der Waals surface area (Å²) in [5.74, 6) is 0. The third kappa shape index (κ3) is 3.58. The molecule has 0 aliphatic rings. The summed E-state index contributed by atoms with van der Waals surface area (Å²) < 4.78 is 0. The van der Waals surface area contributed by atoms with Gasteiger partial charge in [0.1, 0.15) is 0 Å². The van der Waals surface area contributed by atoms with Crippen LogP contribution in [0.25, 0.3) is 0 Å². The molecule has 19 heavy (non-hydrogen) atoms. The third-order valence-corrected chi connectivity index (χ3v) is 3.42. The van der Waals surface area contributed by atoms with Gasteiger partial charge in [0.25, 0.3) is 0 Å². The fourth-order valence-corrected chi connectivity index (χ4v) is 2.20. The Bertz CT molecular complexity index is 517. The summed E-state index contributed by atoms with van der Waals surface area (Å²) in [6, 6.07) is 17.2. The quantitative estimate of drug-likeness (QED) is 0.887. The lowest BCUT2D eigenvalue weighted by Crippen LogP contribution is -2.29. The minimum atomic E-state index is 0.666. The average Bonchev–Trinajstić information content (AvgIpc) is 2.42. The molecule has 2 N–H and O–H groups in total. The normalized spacial score (nSPS) is 10.5. The Morgan fingerprint density at radius 3 is 2.26 bits per heavy atom. The van der Waals surface area contributed by atoms with Crippen LogP contribution in [0.15, 0.2) is 48.5 Å². The lowest BCUT2D eigenvalue weighted by atomic mass is 10.1. The van der Waals surface area contributed by atoms with Crippen LogP contribution in [0.2, 0.25) is 0 Å². The van der Waals surface area contributed by atoms with Crippen LogP contribution in [0.5, 0.6) is 0 Å². The Balaban J connectivity index is 2.21. The summed E-state index contributed by atoms with van der Waals surface area (Å²) in [6.45, 7) is 6.72. The third-order valence-electron chi connectivity index (χ3n) is 3.42. The number of aryl methyl sites for hydroxylation is 2. The van der Waals surface area contributed by atoms with E-state index in [4.69, 9.17) is 5.73 Å². The highest BCUT2D eigenvalue weighted by Crippen LogP contribution is 2.19. The van der Waals surface area contributed by atoms with Crippen molar-refractivity contribution in [1.29, 1.82) is 0 Å². The van der Waals surface area contributed by atoms with E-state index < -0.39 is 0 Å². The van der Waals surface area contributed by atoms with Crippen LogP contribution in [0.1, 0.15) is 16.7 Å². The molecule has 0 heterocycles. The van der Waals surface area contributed by atoms with Crippen LogP contribution in [0, 0.1) is 13.8 Å². The Morgan fingerprint density at radius 1 is 0.947 bits per heavy atom. The zero-order valence-electron chi connectivity index (χ0n) is 11.8. The van der Waals surface area contributed by atoms with Crippen LogP contribution in [0.3, 0.4) is 0 Å². The summed E-state index contributed by atoms with van der Waals surface area (Å²) in [5, 5.41) is 0. The van der Waals surface area contributed by atoms with E-state index >= 15 is 0 Å². The number of hydrogen-bond donors (Lipinski definition) is 1. The van der Waals surface area contributed by atoms with E-state index in [1.54, 1.807) is 0 Å². The van der Waals surface area contributed by atoms with Crippen molar-refractivity contribution in [3.05, 3.63) is 65.2 Å². The minimum Gasteiger partial charge on any atom is -0.366 e. The van der Waals surface area contributed by atoms with Crippen LogP contribution in [0.4, 0.5) is 5.69 Å². The summed E-state index contributed by atoms with van der Waals surface area (Å²) in [4.78, 5) is 2.34. The fraction of sp³-hybridized carbons (Fsp3) is 0.294. The topological polar surface area (TPSA) is 29.3 Å². The van der Waals surface area contributed by atoms with Gasteiger partial charge in [0, 0.05) is 25.3 Å². The molecule has 0 aliphatic carbocycles. The molecule has 0 unspecified atom stereocenters. The largest absolute Gasteiger partial charge is 0.366 e. The second kappa shape index (κ2) is 6.39. The summed E-state index contributed by atoms with van der Waals surface area (Å²) in [5.41, 5.74) is 11.0. The zero-order valence-corrected chi connectivity index (χ0v) is 11.8. The maximum Gasteiger partial charge on any atom is 0.0432 e. The van der Waals surface area contributed by atoms with E-state index in [9.17, 15) is 0 Å². The molecular formula is C17H22N2. The number of hydrogen-bond acceptors (Lipinski definition) is 2. The van der Waals surface area contributed by atoms with Gasteiger partial charge >= 0.3 is 0 Å². The highest BCUT2D eigenvalue weighted by molar-refractivity contribution is 5.48. The van der Waals surface area contributed by atoms with Gasteiger partial charge in [0.05, 0.1) is 0 Å². The van der Waals surface area contributed by atoms with Gasteiger partial charge in [-0.2, -0.15) is 0 Å². The summed E-state index contributed by atoms with van der Waals surface area (Å²) in [6.07, 6.45) is 0. The van der Waals surface area contributed by atoms with Crippen LogP contribution >= 0.6 is 0 Å². The first-order valence-corrected chi connectivity index (χ1v) is 6.77. The molecular weight excluding hydrogens is 232 g/mol. The van der Waals surface area contributed by atoms with Crippen LogP contribution in [-0.4, -0.2) is 13.1 Å². The lowest BCUT2D eigenvalue weighted by molar-refractivity contribution is 0.786. The smallest absolute Gasteiger partial charge is 0.0432 e. The van der Waals surface area contributed by atoms with Crippen molar-refractivity contribution in [1.82, 2.24) is 0 Å². The molecule has 0 atom stereocenters. The molecule has 100 valence electrons. The Labute approximate surface area is 115 Å². The predicted octanol–water partition coefficient (Wildman–Crippen LogP) is 3.27. The Hall–Kier alpha value is -1.80. The SMILES string of the molecule is Cc1ccc(N(CCN)Cc2ccccc2C)cc1. The van der Waals surface area contributed by atoms with E-state index in [2.05, 4.69) is 67.3 Å². The van der Waals surface area contributed by atoms with Gasteiger partial charge in [-0.1, -0.05) is 42.0 Å². The lowest BCUT2D eigenvalue weighted by Gasteiger charge is -2.25. The van der Waals surface area contributed by atoms with E-state index in [1.807, 2.05) is 0 Å². The van der Waals surface area contributed by atoms with Crippen molar-refractivity contribution < 1.29 is 0 Å². The molecule has 2 aromatic carbocycles. The number of nitrogens with two attached hydrogens (primary N) is 1. The van der Waals surface area contributed by atoms with Crippen molar-refractivity contribution >= 4 is 5.69 Å². The molecule has 2 rings (SSSR count). The molecule has 0 aromatic heterocycles. The first-order chi connectivity index (χ1) is 9.20. The zero-order chi connectivity index (χ0) is 13.7. The van der Waals surface area contributed by atoms with E-state index in [0.717, 1.165) is 13.1 Å². The molecule has 0 bridgehead atoms. The van der Waals surface area contributed by atoms with Crippen LogP contribution in [-0.2, 0) is 6.54 Å². The molecule has 0 spiro atoms. The summed E-state index contributed by atoms with van der Waals surface area (Å²) in [7, 11) is 0. The van der Waals surface area contributed by atoms with Crippen molar-refractivity contribution in [2.75, 3.05) is 18.0 Å². The number of benzene rings is 2. The molecule has 0 aliphatic heterocycles. The Kier molecular flexibility index (Phi) is 4.58. The van der Waals surface area contributed by atoms with Gasteiger partial charge in [0.15, 0.2) is 0 Å². The monoisotopic (exact) mass is 254 g/mol. The number of nitrogens with zero attached hydrogens (tertiary/aromatic N) is 1. The second-order valence-electron chi connectivity index (χ2n) is 4.97. The van der Waals surface area contributed by atoms with Crippen molar-refractivity contribution in [2.45, 2.75) is 20.4 Å². The van der Waals surface area contributed by atoms with Gasteiger partial charge in [-0.15, -0.1) is 0 Å². The summed E-state index contributed by atoms with van der Waals surface area (Å²) >= 11 is 0. The fourth-order valence-electron chi connectivity index (χ4n) is 2.20. The second-order valence-corrected chi connectivity index (χ2v) is 4.97. The average molecular weight is 254 g/mol. The van der Waals surface area contributed by atoms with Crippen molar-refractivity contribution in [3.8, 4) is 0 Å². The predicted molar refractivity (Wildman–Crippen MR) is 82.5 cm³/mol. The first-order valence-electron chi connectivity index (χ1n) is 6.77. The molecule has 0 radical (unpaired) electrons. The molecule has 0 saturated carbocycles. The van der Waals surface area contributed by atoms with Crippen LogP contribution < -0.4 is 10.6 Å². The maximum atomic E-state index is 5.75. The van der Waals surface area contributed by atoms with Gasteiger partial charge in [-0.25, -0.2) is 0 Å². The van der Waals surface area contributed by atoms with Crippen molar-refractivity contribution in [3.63, 3.8) is 0 Å². The molecule has 0 saturated heterocycles. The Morgan fingerprint density at radius 2 is 1.63 bits per heavy atom. The minimum absolute atomic E-state index is 0.666. The van der Waals surface area contributed by atoms with E-state index in [0.29, 0.717) is 6.54 Å². The highest BCUT2D eigenvalue weighted by Gasteiger charge is 2.07. The number of rotatable bonds is 5. The maximum absolute atomic E-state index is 5.75. The van der Waals surface area contributed by atoms with Gasteiger partial charge < -0.3 is 10.6 Å². The molecule has 0 fully saturated rings. The van der Waals surface area contributed by atoms with Gasteiger partial charge in [-0.05, 0) is 37.1 Å². The molecule has 2 nitrogen and oxygen atoms in total. The molecule has 2 heteroatoms. The standard InChI is InChI=1S/C17H22N2/c1-14-7-9-17(10-8-14)19(12-11-18)13-16-6-4-3-5-15(16)2/h3-10H,11-13,18H2,1-2H3. The molecule has 0 amide bonds. The molecule has 2 aromatic rings. The van der Waals surface area contributed by atoms with Gasteiger partial charge in [0.2, 0.25) is 0 Å². The van der Waals surface area contributed by atoms with Gasteiger partial charge in [-0.3, -0.25) is 0 Å². The first kappa shape index (κ1) is 13.6. The van der Waals surface area contributed by atoms with Crippen molar-refractivity contribution in [2.24, 2.45) is 5.73 Å².